The van der Waals surface area contributed by atoms with Crippen LogP contribution < -0.4 is 10.6 Å². The Kier molecular flexibility index (Phi) is 4.72. The van der Waals surface area contributed by atoms with Crippen LogP contribution in [-0.2, 0) is 11.3 Å². The highest BCUT2D eigenvalue weighted by Crippen LogP contribution is 2.08. The van der Waals surface area contributed by atoms with Gasteiger partial charge in [0.1, 0.15) is 6.61 Å². The highest BCUT2D eigenvalue weighted by molar-refractivity contribution is 5.92. The predicted molar refractivity (Wildman–Crippen MR) is 65.2 cm³/mol. The average Bonchev–Trinajstić information content (AvgIpc) is 2.67. The summed E-state index contributed by atoms with van der Waals surface area (Å²) in [6.07, 6.45) is 3.04. The Hall–Kier alpha value is -1.40. The number of carbonyl (C=O) groups is 1. The van der Waals surface area contributed by atoms with Crippen LogP contribution in [0.5, 0.6) is 0 Å². The van der Waals surface area contributed by atoms with Crippen molar-refractivity contribution in [1.29, 1.82) is 0 Å². The first-order chi connectivity index (χ1) is 8.79. The van der Waals surface area contributed by atoms with Crippen LogP contribution in [0.1, 0.15) is 35.5 Å². The van der Waals surface area contributed by atoms with E-state index in [-0.39, 0.29) is 11.9 Å². The molecule has 0 spiro atoms. The molecule has 2 N–H and O–H groups in total. The Morgan fingerprint density at radius 2 is 2.50 bits per heavy atom. The molecule has 0 aromatic carbocycles. The lowest BCUT2D eigenvalue weighted by molar-refractivity contribution is 0.0924. The molecule has 1 aromatic heterocycles. The number of ether oxygens (including phenoxy) is 1. The quantitative estimate of drug-likeness (QED) is 0.825. The van der Waals surface area contributed by atoms with Gasteiger partial charge >= 0.3 is 0 Å². The molecule has 100 valence electrons. The second-order valence-corrected chi connectivity index (χ2v) is 4.46. The fraction of sp³-hybridized carbons (Fsp3) is 0.667. The molecule has 0 aliphatic carbocycles. The molecular formula is C12H19N3O3. The summed E-state index contributed by atoms with van der Waals surface area (Å²) in [6, 6.07) is 1.84. The lowest BCUT2D eigenvalue weighted by Crippen LogP contribution is -2.35. The fourth-order valence-electron chi connectivity index (χ4n) is 2.05. The van der Waals surface area contributed by atoms with Crippen LogP contribution in [0, 0.1) is 0 Å². The van der Waals surface area contributed by atoms with Crippen molar-refractivity contribution in [2.24, 2.45) is 0 Å². The molecule has 1 unspecified atom stereocenters. The van der Waals surface area contributed by atoms with E-state index in [1.807, 2.05) is 0 Å². The number of aromatic nitrogens is 1. The van der Waals surface area contributed by atoms with Gasteiger partial charge in [0.15, 0.2) is 11.5 Å². The fourth-order valence-corrected chi connectivity index (χ4v) is 2.05. The molecule has 1 atom stereocenters. The molecule has 0 bridgehead atoms. The maximum Gasteiger partial charge on any atom is 0.273 e. The monoisotopic (exact) mass is 253 g/mol. The lowest BCUT2D eigenvalue weighted by Gasteiger charge is -2.14. The summed E-state index contributed by atoms with van der Waals surface area (Å²) >= 11 is 0. The highest BCUT2D eigenvalue weighted by atomic mass is 16.5. The van der Waals surface area contributed by atoms with Crippen molar-refractivity contribution in [3.8, 4) is 0 Å². The van der Waals surface area contributed by atoms with E-state index in [4.69, 9.17) is 9.26 Å². The maximum absolute atomic E-state index is 11.9. The topological polar surface area (TPSA) is 76.4 Å². The van der Waals surface area contributed by atoms with Crippen molar-refractivity contribution >= 4 is 5.91 Å². The number of hydrogen-bond donors (Lipinski definition) is 2. The summed E-state index contributed by atoms with van der Waals surface area (Å²) in [6.45, 7) is 2.29. The standard InChI is InChI=1S/C12H19N3O3/c1-17-8-10-7-11(15-18-10)12(16)14-9-3-2-5-13-6-4-9/h7,9,13H,2-6,8H2,1H3,(H,14,16). The minimum Gasteiger partial charge on any atom is -0.377 e. The van der Waals surface area contributed by atoms with Crippen molar-refractivity contribution in [3.05, 3.63) is 17.5 Å². The van der Waals surface area contributed by atoms with Gasteiger partial charge in [-0.1, -0.05) is 5.16 Å². The van der Waals surface area contributed by atoms with Crippen LogP contribution in [0.15, 0.2) is 10.6 Å². The molecule has 1 aliphatic rings. The third kappa shape index (κ3) is 3.54. The summed E-state index contributed by atoms with van der Waals surface area (Å²) < 4.78 is 9.91. The minimum atomic E-state index is -0.173. The molecule has 1 saturated heterocycles. The smallest absolute Gasteiger partial charge is 0.273 e. The number of nitrogens with one attached hydrogen (secondary N) is 2. The van der Waals surface area contributed by atoms with Gasteiger partial charge in [-0.3, -0.25) is 4.79 Å². The maximum atomic E-state index is 11.9. The second-order valence-electron chi connectivity index (χ2n) is 4.46. The van der Waals surface area contributed by atoms with Gasteiger partial charge in [-0.15, -0.1) is 0 Å². The number of amides is 1. The van der Waals surface area contributed by atoms with Gasteiger partial charge in [0.05, 0.1) is 0 Å². The molecule has 1 aliphatic heterocycles. The lowest BCUT2D eigenvalue weighted by atomic mass is 10.1. The zero-order valence-electron chi connectivity index (χ0n) is 10.6. The van der Waals surface area contributed by atoms with Crippen LogP contribution in [-0.4, -0.2) is 37.3 Å². The molecule has 1 aromatic rings. The van der Waals surface area contributed by atoms with E-state index in [1.54, 1.807) is 13.2 Å². The second kappa shape index (κ2) is 6.51. The van der Waals surface area contributed by atoms with Crippen molar-refractivity contribution in [1.82, 2.24) is 15.8 Å². The van der Waals surface area contributed by atoms with E-state index in [1.165, 1.54) is 0 Å². The number of rotatable bonds is 4. The van der Waals surface area contributed by atoms with Crippen molar-refractivity contribution in [3.63, 3.8) is 0 Å². The Balaban J connectivity index is 1.89. The predicted octanol–water partition coefficient (Wildman–Crippen LogP) is 0.693. The van der Waals surface area contributed by atoms with Gasteiger partial charge in [-0.25, -0.2) is 0 Å². The van der Waals surface area contributed by atoms with Crippen molar-refractivity contribution in [2.75, 3.05) is 20.2 Å². The Bertz CT molecular complexity index is 384. The van der Waals surface area contributed by atoms with Gasteiger partial charge in [-0.05, 0) is 32.4 Å². The van der Waals surface area contributed by atoms with Gasteiger partial charge in [-0.2, -0.15) is 0 Å². The SMILES string of the molecule is COCc1cc(C(=O)NC2CCCNCC2)no1. The summed E-state index contributed by atoms with van der Waals surface area (Å²) in [4.78, 5) is 11.9. The number of carbonyl (C=O) groups excluding carboxylic acids is 1. The molecular weight excluding hydrogens is 234 g/mol. The molecule has 0 saturated carbocycles. The molecule has 1 amide bonds. The van der Waals surface area contributed by atoms with Crippen LogP contribution >= 0.6 is 0 Å². The summed E-state index contributed by atoms with van der Waals surface area (Å²) in [5.74, 6) is 0.387. The molecule has 2 rings (SSSR count). The zero-order valence-corrected chi connectivity index (χ0v) is 10.6. The Morgan fingerprint density at radius 3 is 3.33 bits per heavy atom. The average molecular weight is 253 g/mol. The first kappa shape index (κ1) is 13.0. The summed E-state index contributed by atoms with van der Waals surface area (Å²) in [5, 5.41) is 10.0. The zero-order chi connectivity index (χ0) is 12.8. The van der Waals surface area contributed by atoms with Crippen molar-refractivity contribution in [2.45, 2.75) is 31.9 Å². The molecule has 2 heterocycles. The van der Waals surface area contributed by atoms with E-state index in [9.17, 15) is 4.79 Å². The molecule has 0 radical (unpaired) electrons. The first-order valence-corrected chi connectivity index (χ1v) is 6.25. The molecule has 6 nitrogen and oxygen atoms in total. The van der Waals surface area contributed by atoms with Gasteiger partial charge < -0.3 is 19.9 Å². The summed E-state index contributed by atoms with van der Waals surface area (Å²) in [7, 11) is 1.57. The van der Waals surface area contributed by atoms with Crippen LogP contribution in [0.25, 0.3) is 0 Å². The van der Waals surface area contributed by atoms with Crippen LogP contribution in [0.4, 0.5) is 0 Å². The Morgan fingerprint density at radius 1 is 1.61 bits per heavy atom. The largest absolute Gasteiger partial charge is 0.377 e. The van der Waals surface area contributed by atoms with E-state index in [0.717, 1.165) is 32.4 Å². The van der Waals surface area contributed by atoms with E-state index < -0.39 is 0 Å². The van der Waals surface area contributed by atoms with Gasteiger partial charge in [0.25, 0.3) is 5.91 Å². The van der Waals surface area contributed by atoms with Gasteiger partial charge in [0.2, 0.25) is 0 Å². The van der Waals surface area contributed by atoms with Crippen LogP contribution in [0.3, 0.4) is 0 Å². The molecule has 6 heteroatoms. The Labute approximate surface area is 106 Å². The minimum absolute atomic E-state index is 0.173. The third-order valence-corrected chi connectivity index (χ3v) is 2.99. The number of nitrogens with zero attached hydrogens (tertiary/aromatic N) is 1. The van der Waals surface area contributed by atoms with Crippen molar-refractivity contribution < 1.29 is 14.1 Å². The van der Waals surface area contributed by atoms with Gasteiger partial charge in [0, 0.05) is 19.2 Å². The molecule has 1 fully saturated rings. The number of hydrogen-bond acceptors (Lipinski definition) is 5. The highest BCUT2D eigenvalue weighted by Gasteiger charge is 2.18. The summed E-state index contributed by atoms with van der Waals surface area (Å²) in [5.41, 5.74) is 0.319. The normalized spacial score (nSPS) is 20.4. The first-order valence-electron chi connectivity index (χ1n) is 6.25. The third-order valence-electron chi connectivity index (χ3n) is 2.99. The van der Waals surface area contributed by atoms with E-state index in [0.29, 0.717) is 18.1 Å². The molecule has 18 heavy (non-hydrogen) atoms. The van der Waals surface area contributed by atoms with E-state index >= 15 is 0 Å². The van der Waals surface area contributed by atoms with Crippen LogP contribution in [0.2, 0.25) is 0 Å². The number of methoxy groups -OCH3 is 1. The van der Waals surface area contributed by atoms with E-state index in [2.05, 4.69) is 15.8 Å².